The summed E-state index contributed by atoms with van der Waals surface area (Å²) >= 11 is 0. The van der Waals surface area contributed by atoms with Crippen LogP contribution in [0.3, 0.4) is 0 Å². The molecule has 0 amide bonds. The van der Waals surface area contributed by atoms with E-state index in [4.69, 9.17) is 4.74 Å². The van der Waals surface area contributed by atoms with Gasteiger partial charge in [-0.05, 0) is 56.4 Å². The van der Waals surface area contributed by atoms with Crippen LogP contribution in [0.1, 0.15) is 151 Å². The molecular formula is C40H68O2. The average molecular weight is 581 g/mol. The van der Waals surface area contributed by atoms with Gasteiger partial charge >= 0.3 is 5.97 Å². The van der Waals surface area contributed by atoms with Crippen molar-refractivity contribution < 1.29 is 9.53 Å². The number of esters is 1. The maximum atomic E-state index is 11.9. The van der Waals surface area contributed by atoms with Gasteiger partial charge in [0, 0.05) is 6.08 Å². The van der Waals surface area contributed by atoms with Crippen molar-refractivity contribution in [2.45, 2.75) is 151 Å². The zero-order valence-electron chi connectivity index (χ0n) is 28.6. The average Bonchev–Trinajstić information content (AvgIpc) is 2.94. The molecule has 0 fully saturated rings. The van der Waals surface area contributed by atoms with Gasteiger partial charge < -0.3 is 4.74 Å². The van der Waals surface area contributed by atoms with Crippen LogP contribution in [0.15, 0.2) is 72.4 Å². The molecule has 0 aliphatic carbocycles. The van der Waals surface area contributed by atoms with E-state index in [9.17, 15) is 4.79 Å². The lowest BCUT2D eigenvalue weighted by molar-refractivity contribution is -0.136. The Balaban J connectivity index is 3.85. The first kappa shape index (κ1) is 39.9. The molecule has 0 spiro atoms. The lowest BCUT2D eigenvalue weighted by atomic mass is 9.91. The first-order chi connectivity index (χ1) is 20.3. The Bertz CT molecular complexity index is 792. The summed E-state index contributed by atoms with van der Waals surface area (Å²) in [6, 6.07) is 0. The van der Waals surface area contributed by atoms with E-state index in [1.54, 1.807) is 6.08 Å². The van der Waals surface area contributed by atoms with E-state index in [-0.39, 0.29) is 5.97 Å². The topological polar surface area (TPSA) is 26.3 Å². The first-order valence-corrected chi connectivity index (χ1v) is 17.5. The minimum absolute atomic E-state index is 0.300. The summed E-state index contributed by atoms with van der Waals surface area (Å²) < 4.78 is 5.31. The Labute approximate surface area is 262 Å². The number of carbonyl (C=O) groups is 1. The van der Waals surface area contributed by atoms with Crippen molar-refractivity contribution in [1.29, 1.82) is 0 Å². The standard InChI is InChI=1S/C40H68O2/c1-7-8-9-10-11-12-13-14-15-16-17-18-19-20-21-22-23-33-40(41)42-35-34-39(6)32-26-31-38(5)30-25-29-37(4)28-24-27-36(2)3/h15-23,33-34,36-38H,7-14,24-32,35H2,1-6H3/b16-15?,18-17?,20-19?,22-21?,33-23?,39-34+/t37-,38-/m1/s1. The van der Waals surface area contributed by atoms with Crippen LogP contribution in [0.25, 0.3) is 0 Å². The molecule has 0 saturated heterocycles. The van der Waals surface area contributed by atoms with Gasteiger partial charge in [-0.25, -0.2) is 4.79 Å². The molecule has 0 heterocycles. The van der Waals surface area contributed by atoms with Gasteiger partial charge in [0.2, 0.25) is 0 Å². The molecule has 0 saturated carbocycles. The molecule has 0 aromatic rings. The van der Waals surface area contributed by atoms with E-state index in [2.05, 4.69) is 59.8 Å². The van der Waals surface area contributed by atoms with Gasteiger partial charge in [-0.3, -0.25) is 0 Å². The molecule has 42 heavy (non-hydrogen) atoms. The van der Waals surface area contributed by atoms with Gasteiger partial charge in [-0.15, -0.1) is 0 Å². The van der Waals surface area contributed by atoms with E-state index in [0.717, 1.165) is 30.6 Å². The number of hydrogen-bond donors (Lipinski definition) is 0. The Morgan fingerprint density at radius 3 is 1.76 bits per heavy atom. The fourth-order valence-corrected chi connectivity index (χ4v) is 5.04. The van der Waals surface area contributed by atoms with Crippen molar-refractivity contribution in [2.24, 2.45) is 17.8 Å². The highest BCUT2D eigenvalue weighted by molar-refractivity contribution is 5.82. The number of rotatable bonds is 27. The Morgan fingerprint density at radius 2 is 1.14 bits per heavy atom. The third-order valence-electron chi connectivity index (χ3n) is 7.92. The molecule has 0 bridgehead atoms. The molecule has 0 aliphatic rings. The number of unbranched alkanes of at least 4 members (excludes halogenated alkanes) is 7. The van der Waals surface area contributed by atoms with E-state index >= 15 is 0 Å². The molecule has 0 rings (SSSR count). The summed E-state index contributed by atoms with van der Waals surface area (Å²) in [6.07, 6.45) is 43.9. The molecule has 0 aromatic heterocycles. The second kappa shape index (κ2) is 30.4. The van der Waals surface area contributed by atoms with Gasteiger partial charge in [0.25, 0.3) is 0 Å². The van der Waals surface area contributed by atoms with Crippen molar-refractivity contribution in [1.82, 2.24) is 0 Å². The summed E-state index contributed by atoms with van der Waals surface area (Å²) in [5, 5.41) is 0. The number of carbonyl (C=O) groups excluding carboxylic acids is 1. The summed E-state index contributed by atoms with van der Waals surface area (Å²) in [5.74, 6) is 2.20. The molecule has 2 atom stereocenters. The van der Waals surface area contributed by atoms with Crippen molar-refractivity contribution in [2.75, 3.05) is 6.61 Å². The van der Waals surface area contributed by atoms with Gasteiger partial charge in [-0.1, -0.05) is 178 Å². The zero-order chi connectivity index (χ0) is 31.1. The normalized spacial score (nSPS) is 14.5. The zero-order valence-corrected chi connectivity index (χ0v) is 28.6. The van der Waals surface area contributed by atoms with Gasteiger partial charge in [0.05, 0.1) is 0 Å². The number of allylic oxidation sites excluding steroid dienone is 10. The maximum absolute atomic E-state index is 11.9. The van der Waals surface area contributed by atoms with E-state index in [1.807, 2.05) is 36.5 Å². The maximum Gasteiger partial charge on any atom is 0.331 e. The number of ether oxygens (including phenoxy) is 1. The summed E-state index contributed by atoms with van der Waals surface area (Å²) in [4.78, 5) is 11.9. The minimum atomic E-state index is -0.300. The monoisotopic (exact) mass is 581 g/mol. The van der Waals surface area contributed by atoms with Gasteiger partial charge in [0.1, 0.15) is 6.61 Å². The van der Waals surface area contributed by atoms with Crippen LogP contribution in [-0.2, 0) is 9.53 Å². The summed E-state index contributed by atoms with van der Waals surface area (Å²) in [6.45, 7) is 14.2. The van der Waals surface area contributed by atoms with E-state index < -0.39 is 0 Å². The SMILES string of the molecule is CCCCCCCCCC=CC=CC=CC=CC=CC(=O)OC/C=C(\C)CCC[C@H](C)CCC[C@H](C)CCCC(C)C. The molecular weight excluding hydrogens is 512 g/mol. The minimum Gasteiger partial charge on any atom is -0.458 e. The predicted octanol–water partition coefficient (Wildman–Crippen LogP) is 12.8. The molecule has 2 nitrogen and oxygen atoms in total. The Kier molecular flexibility index (Phi) is 28.9. The third kappa shape index (κ3) is 30.9. The van der Waals surface area contributed by atoms with Crippen molar-refractivity contribution in [3.8, 4) is 0 Å². The third-order valence-corrected chi connectivity index (χ3v) is 7.92. The van der Waals surface area contributed by atoms with Crippen molar-refractivity contribution in [3.05, 3.63) is 72.4 Å². The largest absolute Gasteiger partial charge is 0.458 e. The Morgan fingerprint density at radius 1 is 0.619 bits per heavy atom. The predicted molar refractivity (Wildman–Crippen MR) is 188 cm³/mol. The van der Waals surface area contributed by atoms with Crippen LogP contribution in [0.2, 0.25) is 0 Å². The molecule has 0 N–H and O–H groups in total. The lowest BCUT2D eigenvalue weighted by Gasteiger charge is -2.15. The Hall–Kier alpha value is -2.09. The van der Waals surface area contributed by atoms with Crippen LogP contribution < -0.4 is 0 Å². The van der Waals surface area contributed by atoms with Crippen LogP contribution in [-0.4, -0.2) is 12.6 Å². The van der Waals surface area contributed by atoms with Crippen LogP contribution in [0.4, 0.5) is 0 Å². The van der Waals surface area contributed by atoms with Crippen molar-refractivity contribution >= 4 is 5.97 Å². The number of hydrogen-bond acceptors (Lipinski definition) is 2. The van der Waals surface area contributed by atoms with E-state index in [0.29, 0.717) is 6.61 Å². The molecule has 240 valence electrons. The lowest BCUT2D eigenvalue weighted by Crippen LogP contribution is -2.01. The molecule has 0 unspecified atom stereocenters. The second-order valence-corrected chi connectivity index (χ2v) is 12.9. The van der Waals surface area contributed by atoms with Crippen LogP contribution >= 0.6 is 0 Å². The highest BCUT2D eigenvalue weighted by Gasteiger charge is 2.07. The van der Waals surface area contributed by atoms with Gasteiger partial charge in [-0.2, -0.15) is 0 Å². The quantitative estimate of drug-likeness (QED) is 0.0317. The molecule has 0 aliphatic heterocycles. The smallest absolute Gasteiger partial charge is 0.331 e. The fourth-order valence-electron chi connectivity index (χ4n) is 5.04. The van der Waals surface area contributed by atoms with Crippen LogP contribution in [0, 0.1) is 17.8 Å². The molecule has 0 aromatic carbocycles. The molecule has 2 heteroatoms. The second-order valence-electron chi connectivity index (χ2n) is 12.9. The van der Waals surface area contributed by atoms with Crippen LogP contribution in [0.5, 0.6) is 0 Å². The van der Waals surface area contributed by atoms with Gasteiger partial charge in [0.15, 0.2) is 0 Å². The highest BCUT2D eigenvalue weighted by Crippen LogP contribution is 2.22. The van der Waals surface area contributed by atoms with E-state index in [1.165, 1.54) is 108 Å². The highest BCUT2D eigenvalue weighted by atomic mass is 16.5. The summed E-state index contributed by atoms with van der Waals surface area (Å²) in [7, 11) is 0. The van der Waals surface area contributed by atoms with Crippen molar-refractivity contribution in [3.63, 3.8) is 0 Å². The fraction of sp³-hybridized carbons (Fsp3) is 0.675. The summed E-state index contributed by atoms with van der Waals surface area (Å²) in [5.41, 5.74) is 1.31. The first-order valence-electron chi connectivity index (χ1n) is 17.5. The molecule has 0 radical (unpaired) electrons.